The van der Waals surface area contributed by atoms with E-state index in [-0.39, 0.29) is 24.0 Å². The molecule has 0 spiro atoms. The lowest BCUT2D eigenvalue weighted by Crippen LogP contribution is -2.41. The summed E-state index contributed by atoms with van der Waals surface area (Å²) in [6.45, 7) is 11.1. The predicted molar refractivity (Wildman–Crippen MR) is 119 cm³/mol. The molecule has 0 saturated carbocycles. The predicted octanol–water partition coefficient (Wildman–Crippen LogP) is 3.22. The molecule has 1 aliphatic rings. The molecule has 0 atom stereocenters. The Morgan fingerprint density at radius 1 is 1.12 bits per heavy atom. The van der Waals surface area contributed by atoms with E-state index >= 15 is 0 Å². The van der Waals surface area contributed by atoms with Crippen LogP contribution < -0.4 is 10.6 Å². The van der Waals surface area contributed by atoms with Gasteiger partial charge in [-0.3, -0.25) is 4.99 Å². The van der Waals surface area contributed by atoms with Crippen LogP contribution in [0.1, 0.15) is 65.7 Å². The fourth-order valence-corrected chi connectivity index (χ4v) is 3.53. The molecule has 0 amide bonds. The van der Waals surface area contributed by atoms with Gasteiger partial charge in [-0.25, -0.2) is 0 Å². The minimum atomic E-state index is -0.653. The summed E-state index contributed by atoms with van der Waals surface area (Å²) in [5.41, 5.74) is -0.653. The second-order valence-corrected chi connectivity index (χ2v) is 7.38. The number of hydrogen-bond acceptors (Lipinski definition) is 3. The Labute approximate surface area is 172 Å². The van der Waals surface area contributed by atoms with Crippen molar-refractivity contribution in [1.29, 1.82) is 0 Å². The van der Waals surface area contributed by atoms with Crippen LogP contribution in [0.25, 0.3) is 0 Å². The maximum atomic E-state index is 10.7. The van der Waals surface area contributed by atoms with Crippen molar-refractivity contribution in [2.24, 2.45) is 10.9 Å². The van der Waals surface area contributed by atoms with E-state index in [4.69, 9.17) is 0 Å². The van der Waals surface area contributed by atoms with Crippen LogP contribution in [0.15, 0.2) is 4.99 Å². The van der Waals surface area contributed by atoms with Crippen molar-refractivity contribution >= 4 is 29.9 Å². The van der Waals surface area contributed by atoms with Crippen LogP contribution in [0.5, 0.6) is 0 Å². The Bertz CT molecular complexity index is 351. The summed E-state index contributed by atoms with van der Waals surface area (Å²) < 4.78 is 0. The number of nitrogens with one attached hydrogen (secondary N) is 2. The largest absolute Gasteiger partial charge is 0.388 e. The molecule has 0 aromatic carbocycles. The Balaban J connectivity index is 0.00000576. The first-order chi connectivity index (χ1) is 11.5. The van der Waals surface area contributed by atoms with Crippen LogP contribution in [0.4, 0.5) is 0 Å². The summed E-state index contributed by atoms with van der Waals surface area (Å²) in [6, 6.07) is 0. The van der Waals surface area contributed by atoms with Crippen LogP contribution in [-0.4, -0.2) is 61.3 Å². The lowest BCUT2D eigenvalue weighted by atomic mass is 9.93. The molecule has 0 aromatic heterocycles. The second-order valence-electron chi connectivity index (χ2n) is 7.38. The van der Waals surface area contributed by atoms with Crippen molar-refractivity contribution < 1.29 is 5.11 Å². The molecule has 5 nitrogen and oxygen atoms in total. The van der Waals surface area contributed by atoms with Gasteiger partial charge in [-0.1, -0.05) is 26.7 Å². The summed E-state index contributed by atoms with van der Waals surface area (Å²) in [5, 5.41) is 17.5. The third kappa shape index (κ3) is 10.6. The zero-order valence-electron chi connectivity index (χ0n) is 16.8. The quantitative estimate of drug-likeness (QED) is 0.262. The molecule has 150 valence electrons. The maximum Gasteiger partial charge on any atom is 0.191 e. The van der Waals surface area contributed by atoms with E-state index in [0.29, 0.717) is 6.54 Å². The SMILES string of the molecule is CCCC(O)(CCC)CN=C(NCC)NCCC1CCN(C)CC1.I. The van der Waals surface area contributed by atoms with Gasteiger partial charge in [0.25, 0.3) is 0 Å². The van der Waals surface area contributed by atoms with E-state index in [0.717, 1.165) is 50.7 Å². The minimum absolute atomic E-state index is 0. The molecule has 0 aromatic rings. The van der Waals surface area contributed by atoms with Crippen molar-refractivity contribution in [3.63, 3.8) is 0 Å². The molecule has 1 aliphatic heterocycles. The van der Waals surface area contributed by atoms with Gasteiger partial charge >= 0.3 is 0 Å². The van der Waals surface area contributed by atoms with Gasteiger partial charge in [0.15, 0.2) is 5.96 Å². The average Bonchev–Trinajstić information content (AvgIpc) is 2.55. The summed E-state index contributed by atoms with van der Waals surface area (Å²) in [7, 11) is 2.21. The molecular formula is C19H41IN4O. The first-order valence-electron chi connectivity index (χ1n) is 9.96. The molecule has 3 N–H and O–H groups in total. The monoisotopic (exact) mass is 468 g/mol. The third-order valence-electron chi connectivity index (χ3n) is 4.99. The maximum absolute atomic E-state index is 10.7. The van der Waals surface area contributed by atoms with Gasteiger partial charge in [0.2, 0.25) is 0 Å². The van der Waals surface area contributed by atoms with E-state index in [1.165, 1.54) is 32.4 Å². The fraction of sp³-hybridized carbons (Fsp3) is 0.947. The number of guanidine groups is 1. The van der Waals surface area contributed by atoms with E-state index < -0.39 is 5.60 Å². The highest BCUT2D eigenvalue weighted by Crippen LogP contribution is 2.20. The molecule has 1 rings (SSSR count). The van der Waals surface area contributed by atoms with Gasteiger partial charge in [-0.15, -0.1) is 24.0 Å². The summed E-state index contributed by atoms with van der Waals surface area (Å²) >= 11 is 0. The lowest BCUT2D eigenvalue weighted by molar-refractivity contribution is 0.0306. The van der Waals surface area contributed by atoms with Crippen LogP contribution in [0.3, 0.4) is 0 Å². The zero-order valence-corrected chi connectivity index (χ0v) is 19.1. The number of hydrogen-bond donors (Lipinski definition) is 3. The van der Waals surface area contributed by atoms with Crippen molar-refractivity contribution in [2.75, 3.05) is 39.8 Å². The molecule has 0 bridgehead atoms. The van der Waals surface area contributed by atoms with Gasteiger partial charge < -0.3 is 20.6 Å². The zero-order chi connectivity index (χ0) is 17.8. The Morgan fingerprint density at radius 3 is 2.24 bits per heavy atom. The number of halogens is 1. The van der Waals surface area contributed by atoms with E-state index in [1.54, 1.807) is 0 Å². The number of aliphatic imine (C=N–C) groups is 1. The average molecular weight is 468 g/mol. The first kappa shape index (κ1) is 24.9. The first-order valence-corrected chi connectivity index (χ1v) is 9.96. The van der Waals surface area contributed by atoms with Crippen molar-refractivity contribution in [3.05, 3.63) is 0 Å². The molecule has 1 heterocycles. The number of likely N-dealkylation sites (tertiary alicyclic amines) is 1. The highest BCUT2D eigenvalue weighted by molar-refractivity contribution is 14.0. The topological polar surface area (TPSA) is 59.9 Å². The van der Waals surface area contributed by atoms with E-state index in [1.807, 2.05) is 0 Å². The Hall–Kier alpha value is -0.0800. The number of nitrogens with zero attached hydrogens (tertiary/aromatic N) is 2. The third-order valence-corrected chi connectivity index (χ3v) is 4.99. The van der Waals surface area contributed by atoms with Crippen molar-refractivity contribution in [1.82, 2.24) is 15.5 Å². The molecule has 0 radical (unpaired) electrons. The van der Waals surface area contributed by atoms with Crippen LogP contribution in [0.2, 0.25) is 0 Å². The molecular weight excluding hydrogens is 427 g/mol. The summed E-state index contributed by atoms with van der Waals surface area (Å²) in [6.07, 6.45) is 7.43. The Morgan fingerprint density at radius 2 is 1.72 bits per heavy atom. The van der Waals surface area contributed by atoms with Crippen LogP contribution in [0, 0.1) is 5.92 Å². The van der Waals surface area contributed by atoms with Crippen LogP contribution >= 0.6 is 24.0 Å². The van der Waals surface area contributed by atoms with Gasteiger partial charge in [0, 0.05) is 13.1 Å². The highest BCUT2D eigenvalue weighted by Gasteiger charge is 2.24. The normalized spacial score (nSPS) is 17.2. The molecule has 6 heteroatoms. The highest BCUT2D eigenvalue weighted by atomic mass is 127. The molecule has 0 unspecified atom stereocenters. The lowest BCUT2D eigenvalue weighted by Gasteiger charge is -2.29. The van der Waals surface area contributed by atoms with E-state index in [9.17, 15) is 5.11 Å². The van der Waals surface area contributed by atoms with E-state index in [2.05, 4.69) is 48.3 Å². The van der Waals surface area contributed by atoms with Crippen LogP contribution in [-0.2, 0) is 0 Å². The Kier molecular flexibility index (Phi) is 14.0. The summed E-state index contributed by atoms with van der Waals surface area (Å²) in [4.78, 5) is 7.07. The second kappa shape index (κ2) is 14.0. The smallest absolute Gasteiger partial charge is 0.191 e. The fourth-order valence-electron chi connectivity index (χ4n) is 3.53. The van der Waals surface area contributed by atoms with Gasteiger partial charge in [-0.2, -0.15) is 0 Å². The number of aliphatic hydroxyl groups is 1. The number of piperidine rings is 1. The summed E-state index contributed by atoms with van der Waals surface area (Å²) in [5.74, 6) is 1.67. The molecule has 25 heavy (non-hydrogen) atoms. The van der Waals surface area contributed by atoms with Gasteiger partial charge in [0.05, 0.1) is 12.1 Å². The van der Waals surface area contributed by atoms with Crippen molar-refractivity contribution in [2.45, 2.75) is 71.3 Å². The molecule has 1 fully saturated rings. The van der Waals surface area contributed by atoms with Gasteiger partial charge in [-0.05, 0) is 65.1 Å². The minimum Gasteiger partial charge on any atom is -0.388 e. The van der Waals surface area contributed by atoms with Gasteiger partial charge in [0.1, 0.15) is 0 Å². The standard InChI is InChI=1S/C19H40N4O.HI/c1-5-11-19(24,12-6-2)16-22-18(20-7-3)21-13-8-17-9-14-23(4)15-10-17;/h17,24H,5-16H2,1-4H3,(H2,20,21,22);1H. The molecule has 0 aliphatic carbocycles. The number of rotatable bonds is 10. The van der Waals surface area contributed by atoms with Crippen molar-refractivity contribution in [3.8, 4) is 0 Å². The molecule has 1 saturated heterocycles.